The third-order valence-corrected chi connectivity index (χ3v) is 30.8. The van der Waals surface area contributed by atoms with Crippen LogP contribution in [0, 0.1) is 45.3 Å². The van der Waals surface area contributed by atoms with Crippen molar-refractivity contribution in [1.82, 2.24) is 0 Å². The quantitative estimate of drug-likeness (QED) is 0.285. The summed E-state index contributed by atoms with van der Waals surface area (Å²) in [6, 6.07) is 0. The summed E-state index contributed by atoms with van der Waals surface area (Å²) in [6.07, 6.45) is 17.4. The summed E-state index contributed by atoms with van der Waals surface area (Å²) < 4.78 is 1.65. The number of hydrogen-bond acceptors (Lipinski definition) is 0. The van der Waals surface area contributed by atoms with Crippen LogP contribution in [0.15, 0.2) is 48.6 Å². The molecule has 8 saturated carbocycles. The van der Waals surface area contributed by atoms with E-state index in [9.17, 15) is 0 Å². The van der Waals surface area contributed by atoms with Gasteiger partial charge in [0.05, 0.1) is 0 Å². The van der Waals surface area contributed by atoms with Crippen LogP contribution in [-0.4, -0.2) is 0 Å². The average Bonchev–Trinajstić information content (AvgIpc) is 3.74. The van der Waals surface area contributed by atoms with E-state index >= 15 is 0 Å². The molecule has 0 aromatic rings. The number of allylic oxidation sites excluding steroid dienone is 4. The Balaban J connectivity index is 1.61. The molecule has 0 aliphatic heterocycles. The van der Waals surface area contributed by atoms with Crippen LogP contribution in [-0.2, 0) is 13.1 Å². The van der Waals surface area contributed by atoms with Gasteiger partial charge in [-0.15, -0.1) is 0 Å². The van der Waals surface area contributed by atoms with E-state index in [4.69, 9.17) is 26.3 Å². The Hall–Kier alpha value is -0.508. The van der Waals surface area contributed by atoms with Crippen molar-refractivity contribution in [3.8, 4) is 0 Å². The average molecular weight is 593 g/mol. The third kappa shape index (κ3) is 2.30. The Morgan fingerprint density at radius 1 is 0.415 bits per heavy atom. The van der Waals surface area contributed by atoms with Gasteiger partial charge in [-0.2, -0.15) is 0 Å². The Bertz CT molecular complexity index is 1130. The first-order valence-electron chi connectivity index (χ1n) is 17.5. The van der Waals surface area contributed by atoms with Crippen molar-refractivity contribution in [1.29, 1.82) is 0 Å². The molecule has 8 bridgehead atoms. The zero-order valence-corrected chi connectivity index (χ0v) is 29.3. The zero-order chi connectivity index (χ0) is 29.6. The fourth-order valence-corrected chi connectivity index (χ4v) is 33.7. The predicted octanol–water partition coefficient (Wildman–Crippen LogP) is 12.4. The maximum atomic E-state index is 5.03. The van der Waals surface area contributed by atoms with Crippen LogP contribution in [0.3, 0.4) is 0 Å². The van der Waals surface area contributed by atoms with E-state index < -0.39 is 13.1 Å². The SMILES string of the molecule is C=C1C2CC[C]([Cr]([C]34CCC(C3)C(=C)C4(C)C)([C]34CCC(C3)C(=C)C4(C)C)[C]34CCC(C3)C(=C)C4(C)C)(C2)C1(C)C. The molecule has 1 heteroatoms. The molecule has 0 N–H and O–H groups in total. The van der Waals surface area contributed by atoms with E-state index in [1.54, 1.807) is 22.3 Å². The molecule has 41 heavy (non-hydrogen) atoms. The van der Waals surface area contributed by atoms with Crippen molar-refractivity contribution in [2.24, 2.45) is 45.3 Å². The first kappa shape index (κ1) is 28.0. The van der Waals surface area contributed by atoms with Crippen LogP contribution in [0.4, 0.5) is 0 Å². The molecule has 0 radical (unpaired) electrons. The van der Waals surface area contributed by atoms with Crippen LogP contribution in [0.5, 0.6) is 0 Å². The molecule has 8 aliphatic rings. The molecule has 8 fully saturated rings. The molecule has 0 nitrogen and oxygen atoms in total. The fourth-order valence-electron chi connectivity index (χ4n) is 15.6. The van der Waals surface area contributed by atoms with E-state index in [1.807, 2.05) is 0 Å². The Morgan fingerprint density at radius 3 is 0.756 bits per heavy atom. The minimum atomic E-state index is -2.78. The second-order valence-corrected chi connectivity index (χ2v) is 25.7. The maximum absolute atomic E-state index is 5.03. The van der Waals surface area contributed by atoms with Crippen LogP contribution in [0.1, 0.15) is 132 Å². The molecule has 0 spiro atoms. The predicted molar refractivity (Wildman–Crippen MR) is 172 cm³/mol. The Morgan fingerprint density at radius 2 is 0.610 bits per heavy atom. The van der Waals surface area contributed by atoms with Gasteiger partial charge in [-0.05, 0) is 0 Å². The number of fused-ring (bicyclic) bond motifs is 8. The molecule has 0 aromatic carbocycles. The Labute approximate surface area is 255 Å². The summed E-state index contributed by atoms with van der Waals surface area (Å²) >= 11 is -2.78. The third-order valence-electron chi connectivity index (χ3n) is 18.0. The molecule has 0 amide bonds. The van der Waals surface area contributed by atoms with Crippen molar-refractivity contribution in [2.45, 2.75) is 150 Å². The van der Waals surface area contributed by atoms with Gasteiger partial charge >= 0.3 is 257 Å². The van der Waals surface area contributed by atoms with E-state index in [-0.39, 0.29) is 21.7 Å². The second-order valence-electron chi connectivity index (χ2n) is 18.9. The fraction of sp³-hybridized carbons (Fsp3) is 0.800. The van der Waals surface area contributed by atoms with Gasteiger partial charge in [0, 0.05) is 0 Å². The molecule has 8 aliphatic carbocycles. The van der Waals surface area contributed by atoms with Crippen molar-refractivity contribution >= 4 is 0 Å². The normalized spacial score (nSPS) is 53.1. The van der Waals surface area contributed by atoms with Crippen LogP contribution < -0.4 is 0 Å². The van der Waals surface area contributed by atoms with Gasteiger partial charge in [-0.25, -0.2) is 0 Å². The first-order chi connectivity index (χ1) is 18.9. The molecular formula is C40H60Cr. The molecule has 8 rings (SSSR count). The standard InChI is InChI=1S/4C10H15.Cr/c4*1-7-8-4-5-9(6-8)10(7,2)3;/h4*8H,1,4-6H2,2-3H3;. The van der Waals surface area contributed by atoms with Crippen molar-refractivity contribution in [2.75, 3.05) is 0 Å². The van der Waals surface area contributed by atoms with Gasteiger partial charge in [-0.3, -0.25) is 0 Å². The van der Waals surface area contributed by atoms with Gasteiger partial charge in [0.1, 0.15) is 0 Å². The second kappa shape index (κ2) is 7.31. The van der Waals surface area contributed by atoms with Gasteiger partial charge in [0.15, 0.2) is 0 Å². The van der Waals surface area contributed by atoms with Crippen LogP contribution in [0.2, 0.25) is 17.1 Å². The summed E-state index contributed by atoms with van der Waals surface area (Å²) in [5.74, 6) is 2.96. The van der Waals surface area contributed by atoms with Crippen LogP contribution in [0.25, 0.3) is 0 Å². The van der Waals surface area contributed by atoms with Gasteiger partial charge in [0.2, 0.25) is 0 Å². The van der Waals surface area contributed by atoms with Crippen molar-refractivity contribution < 1.29 is 13.1 Å². The molecule has 0 heterocycles. The van der Waals surface area contributed by atoms with E-state index in [0.29, 0.717) is 17.1 Å². The molecule has 8 atom stereocenters. The number of rotatable bonds is 4. The van der Waals surface area contributed by atoms with E-state index in [1.165, 1.54) is 77.0 Å². The van der Waals surface area contributed by atoms with Crippen molar-refractivity contribution in [3.05, 3.63) is 48.6 Å². The monoisotopic (exact) mass is 592 g/mol. The molecule has 8 unspecified atom stereocenters. The van der Waals surface area contributed by atoms with Gasteiger partial charge in [0.25, 0.3) is 0 Å². The molecule has 0 aromatic heterocycles. The number of hydrogen-bond donors (Lipinski definition) is 0. The van der Waals surface area contributed by atoms with Gasteiger partial charge < -0.3 is 0 Å². The molecule has 226 valence electrons. The summed E-state index contributed by atoms with van der Waals surface area (Å²) in [7, 11) is 0. The summed E-state index contributed by atoms with van der Waals surface area (Å²) in [6.45, 7) is 42.0. The van der Waals surface area contributed by atoms with Crippen LogP contribution >= 0.6 is 0 Å². The molecular weight excluding hydrogens is 532 g/mol. The Kier molecular flexibility index (Phi) is 4.99. The molecule has 0 saturated heterocycles. The van der Waals surface area contributed by atoms with E-state index in [2.05, 4.69) is 55.4 Å². The van der Waals surface area contributed by atoms with Crippen molar-refractivity contribution in [3.63, 3.8) is 0 Å². The van der Waals surface area contributed by atoms with E-state index in [0.717, 1.165) is 23.7 Å². The van der Waals surface area contributed by atoms with Gasteiger partial charge in [-0.1, -0.05) is 0 Å². The minimum absolute atomic E-state index is 0.211. The first-order valence-corrected chi connectivity index (χ1v) is 20.0. The summed E-state index contributed by atoms with van der Waals surface area (Å²) in [4.78, 5) is 0. The zero-order valence-electron chi connectivity index (χ0n) is 28.0. The topological polar surface area (TPSA) is 0 Å². The summed E-state index contributed by atoms with van der Waals surface area (Å²) in [5.41, 5.74) is 7.42. The summed E-state index contributed by atoms with van der Waals surface area (Å²) in [5, 5.41) is 0.